The number of nitrogens with zero attached hydrogens (tertiary/aromatic N) is 2. The molecule has 0 aliphatic carbocycles. The number of aromatic nitrogens is 1. The van der Waals surface area contributed by atoms with Crippen LogP contribution >= 0.6 is 0 Å². The molecule has 1 aliphatic rings. The van der Waals surface area contributed by atoms with Crippen LogP contribution in [0.5, 0.6) is 0 Å². The van der Waals surface area contributed by atoms with Crippen LogP contribution in [0.15, 0.2) is 24.5 Å². The summed E-state index contributed by atoms with van der Waals surface area (Å²) in [5, 5.41) is 0. The van der Waals surface area contributed by atoms with Crippen molar-refractivity contribution in [1.82, 2.24) is 9.88 Å². The molecule has 1 fully saturated rings. The van der Waals surface area contributed by atoms with Crippen LogP contribution in [0.4, 0.5) is 0 Å². The van der Waals surface area contributed by atoms with E-state index in [1.807, 2.05) is 17.0 Å². The minimum absolute atomic E-state index is 0.00278. The van der Waals surface area contributed by atoms with Gasteiger partial charge in [0.25, 0.3) is 0 Å². The Morgan fingerprint density at radius 2 is 1.95 bits per heavy atom. The lowest BCUT2D eigenvalue weighted by molar-refractivity contribution is -0.119. The van der Waals surface area contributed by atoms with Crippen molar-refractivity contribution < 1.29 is 9.59 Å². The van der Waals surface area contributed by atoms with E-state index in [2.05, 4.69) is 4.98 Å². The van der Waals surface area contributed by atoms with Gasteiger partial charge >= 0.3 is 0 Å². The van der Waals surface area contributed by atoms with Crippen LogP contribution in [-0.2, 0) is 9.59 Å². The van der Waals surface area contributed by atoms with Crippen LogP contribution in [0.2, 0.25) is 0 Å². The van der Waals surface area contributed by atoms with E-state index in [-0.39, 0.29) is 30.3 Å². The van der Waals surface area contributed by atoms with Crippen LogP contribution in [0.1, 0.15) is 24.4 Å². The van der Waals surface area contributed by atoms with Crippen molar-refractivity contribution in [2.45, 2.75) is 18.9 Å². The predicted octanol–water partition coefficient (Wildman–Crippen LogP) is -0.195. The number of pyridine rings is 1. The van der Waals surface area contributed by atoms with Crippen molar-refractivity contribution in [2.24, 2.45) is 17.4 Å². The summed E-state index contributed by atoms with van der Waals surface area (Å²) >= 11 is 0. The lowest BCUT2D eigenvalue weighted by Crippen LogP contribution is -2.35. The van der Waals surface area contributed by atoms with E-state index in [4.69, 9.17) is 11.5 Å². The Balaban J connectivity index is 2.22. The molecule has 1 saturated heterocycles. The summed E-state index contributed by atoms with van der Waals surface area (Å²) in [4.78, 5) is 28.3. The van der Waals surface area contributed by atoms with Gasteiger partial charge < -0.3 is 11.5 Å². The molecule has 2 heterocycles. The topological polar surface area (TPSA) is 102 Å². The number of carbonyl (C=O) groups is 2. The standard InChI is InChI=1S/C13H18N4O2/c14-11(18)7-10-3-6-17(8-12(15)19)13(10)9-1-4-16-5-2-9/h1-2,4-5,10,13H,3,6-8H2,(H2,14,18)(H2,15,19). The normalized spacial score (nSPS) is 23.4. The van der Waals surface area contributed by atoms with Gasteiger partial charge in [-0.2, -0.15) is 0 Å². The zero-order valence-electron chi connectivity index (χ0n) is 10.7. The summed E-state index contributed by atoms with van der Waals surface area (Å²) in [6, 6.07) is 3.80. The van der Waals surface area contributed by atoms with Crippen molar-refractivity contribution in [3.8, 4) is 0 Å². The Bertz CT molecular complexity index is 439. The molecule has 2 atom stereocenters. The summed E-state index contributed by atoms with van der Waals surface area (Å²) < 4.78 is 0. The van der Waals surface area contributed by atoms with Gasteiger partial charge in [-0.05, 0) is 36.6 Å². The quantitative estimate of drug-likeness (QED) is 0.767. The van der Waals surface area contributed by atoms with Gasteiger partial charge in [-0.3, -0.25) is 19.5 Å². The zero-order valence-corrected chi connectivity index (χ0v) is 10.7. The molecule has 0 saturated carbocycles. The number of primary amides is 2. The largest absolute Gasteiger partial charge is 0.370 e. The molecule has 102 valence electrons. The highest BCUT2D eigenvalue weighted by molar-refractivity contribution is 5.76. The highest BCUT2D eigenvalue weighted by Gasteiger charge is 2.36. The fourth-order valence-electron chi connectivity index (χ4n) is 2.82. The van der Waals surface area contributed by atoms with E-state index < -0.39 is 0 Å². The predicted molar refractivity (Wildman–Crippen MR) is 69.7 cm³/mol. The van der Waals surface area contributed by atoms with Gasteiger partial charge in [-0.25, -0.2) is 0 Å². The first kappa shape index (κ1) is 13.5. The molecular weight excluding hydrogens is 244 g/mol. The lowest BCUT2D eigenvalue weighted by atomic mass is 9.91. The smallest absolute Gasteiger partial charge is 0.231 e. The number of nitrogens with two attached hydrogens (primary N) is 2. The lowest BCUT2D eigenvalue weighted by Gasteiger charge is -2.27. The van der Waals surface area contributed by atoms with Gasteiger partial charge in [0.2, 0.25) is 11.8 Å². The molecular formula is C13H18N4O2. The van der Waals surface area contributed by atoms with E-state index >= 15 is 0 Å². The number of carbonyl (C=O) groups excluding carboxylic acids is 2. The molecule has 6 nitrogen and oxygen atoms in total. The van der Waals surface area contributed by atoms with E-state index in [9.17, 15) is 9.59 Å². The Hall–Kier alpha value is -1.95. The Labute approximate surface area is 111 Å². The summed E-state index contributed by atoms with van der Waals surface area (Å²) in [5.74, 6) is -0.553. The minimum atomic E-state index is -0.362. The molecule has 1 aromatic rings. The SMILES string of the molecule is NC(=O)CC1CCN(CC(N)=O)C1c1ccncc1. The Kier molecular flexibility index (Phi) is 4.11. The maximum Gasteiger partial charge on any atom is 0.231 e. The number of hydrogen-bond donors (Lipinski definition) is 2. The molecule has 0 radical (unpaired) electrons. The molecule has 19 heavy (non-hydrogen) atoms. The van der Waals surface area contributed by atoms with Crippen LogP contribution in [0, 0.1) is 5.92 Å². The van der Waals surface area contributed by atoms with Crippen molar-refractivity contribution in [3.05, 3.63) is 30.1 Å². The first-order valence-electron chi connectivity index (χ1n) is 6.28. The molecule has 4 N–H and O–H groups in total. The summed E-state index contributed by atoms with van der Waals surface area (Å²) in [7, 11) is 0. The maximum absolute atomic E-state index is 11.2. The third kappa shape index (κ3) is 3.29. The van der Waals surface area contributed by atoms with E-state index in [0.717, 1.165) is 18.5 Å². The second-order valence-corrected chi connectivity index (χ2v) is 4.88. The van der Waals surface area contributed by atoms with Crippen molar-refractivity contribution in [1.29, 1.82) is 0 Å². The summed E-state index contributed by atoms with van der Waals surface area (Å²) in [6.07, 6.45) is 4.57. The van der Waals surface area contributed by atoms with Gasteiger partial charge in [-0.15, -0.1) is 0 Å². The average molecular weight is 262 g/mol. The molecule has 2 rings (SSSR count). The van der Waals surface area contributed by atoms with Gasteiger partial charge in [0, 0.05) is 24.9 Å². The molecule has 0 aromatic carbocycles. The monoisotopic (exact) mass is 262 g/mol. The third-order valence-corrected chi connectivity index (χ3v) is 3.50. The van der Waals surface area contributed by atoms with E-state index in [1.165, 1.54) is 0 Å². The second-order valence-electron chi connectivity index (χ2n) is 4.88. The first-order chi connectivity index (χ1) is 9.08. The molecule has 2 amide bonds. The van der Waals surface area contributed by atoms with Crippen molar-refractivity contribution >= 4 is 11.8 Å². The average Bonchev–Trinajstić information content (AvgIpc) is 2.71. The van der Waals surface area contributed by atoms with Gasteiger partial charge in [0.1, 0.15) is 0 Å². The van der Waals surface area contributed by atoms with Crippen LogP contribution in [-0.4, -0.2) is 34.8 Å². The molecule has 0 spiro atoms. The number of amides is 2. The Morgan fingerprint density at radius 3 is 2.53 bits per heavy atom. The first-order valence-corrected chi connectivity index (χ1v) is 6.28. The molecule has 0 bridgehead atoms. The van der Waals surface area contributed by atoms with E-state index in [1.54, 1.807) is 12.4 Å². The highest BCUT2D eigenvalue weighted by atomic mass is 16.1. The highest BCUT2D eigenvalue weighted by Crippen LogP contribution is 2.38. The zero-order chi connectivity index (χ0) is 13.8. The van der Waals surface area contributed by atoms with Crippen LogP contribution in [0.25, 0.3) is 0 Å². The molecule has 1 aliphatic heterocycles. The number of likely N-dealkylation sites (tertiary alicyclic amines) is 1. The Morgan fingerprint density at radius 1 is 1.26 bits per heavy atom. The fourth-order valence-corrected chi connectivity index (χ4v) is 2.82. The molecule has 1 aromatic heterocycles. The van der Waals surface area contributed by atoms with Gasteiger partial charge in [0.05, 0.1) is 6.54 Å². The maximum atomic E-state index is 11.2. The minimum Gasteiger partial charge on any atom is -0.370 e. The number of hydrogen-bond acceptors (Lipinski definition) is 4. The third-order valence-electron chi connectivity index (χ3n) is 3.50. The summed E-state index contributed by atoms with van der Waals surface area (Å²) in [5.41, 5.74) is 11.6. The fraction of sp³-hybridized carbons (Fsp3) is 0.462. The van der Waals surface area contributed by atoms with Crippen molar-refractivity contribution in [3.63, 3.8) is 0 Å². The van der Waals surface area contributed by atoms with Crippen molar-refractivity contribution in [2.75, 3.05) is 13.1 Å². The van der Waals surface area contributed by atoms with Crippen LogP contribution in [0.3, 0.4) is 0 Å². The van der Waals surface area contributed by atoms with E-state index in [0.29, 0.717) is 6.42 Å². The number of rotatable bonds is 5. The van der Waals surface area contributed by atoms with Gasteiger partial charge in [0.15, 0.2) is 0 Å². The molecule has 2 unspecified atom stereocenters. The summed E-state index contributed by atoms with van der Waals surface area (Å²) in [6.45, 7) is 0.941. The van der Waals surface area contributed by atoms with Crippen LogP contribution < -0.4 is 11.5 Å². The van der Waals surface area contributed by atoms with Gasteiger partial charge in [-0.1, -0.05) is 0 Å². The molecule has 6 heteroatoms. The second kappa shape index (κ2) is 5.79.